The summed E-state index contributed by atoms with van der Waals surface area (Å²) in [5.74, 6) is 0.260. The summed E-state index contributed by atoms with van der Waals surface area (Å²) in [6.45, 7) is 1.84. The van der Waals surface area contributed by atoms with Crippen LogP contribution in [0.2, 0.25) is 0 Å². The van der Waals surface area contributed by atoms with Crippen molar-refractivity contribution in [2.45, 2.75) is 6.92 Å². The van der Waals surface area contributed by atoms with Gasteiger partial charge in [0.25, 0.3) is 0 Å². The second-order valence-electron chi connectivity index (χ2n) is 2.64. The number of H-pyrrole nitrogens is 1. The van der Waals surface area contributed by atoms with Crippen molar-refractivity contribution in [1.29, 1.82) is 0 Å². The summed E-state index contributed by atoms with van der Waals surface area (Å²) in [7, 11) is 0. The first-order valence-electron chi connectivity index (χ1n) is 3.66. The van der Waals surface area contributed by atoms with Crippen molar-refractivity contribution in [2.75, 3.05) is 5.73 Å². The molecule has 0 radical (unpaired) electrons. The lowest BCUT2D eigenvalue weighted by Gasteiger charge is -1.98. The molecule has 0 aliphatic heterocycles. The first-order valence-corrected chi connectivity index (χ1v) is 4.07. The Labute approximate surface area is 79.1 Å². The molecule has 0 aliphatic carbocycles. The van der Waals surface area contributed by atoms with Gasteiger partial charge >= 0.3 is 0 Å². The van der Waals surface area contributed by atoms with E-state index in [-0.39, 0.29) is 5.95 Å². The van der Waals surface area contributed by atoms with Gasteiger partial charge in [0, 0.05) is 0 Å². The van der Waals surface area contributed by atoms with Crippen LogP contribution in [-0.2, 0) is 0 Å². The average molecular weight is 193 g/mol. The third kappa shape index (κ3) is 1.35. The van der Waals surface area contributed by atoms with Crippen LogP contribution in [0.5, 0.6) is 0 Å². The van der Waals surface area contributed by atoms with Crippen LogP contribution in [0.1, 0.15) is 5.69 Å². The number of nitrogen functional groups attached to an aromatic ring is 1. The number of aromatic amines is 1. The Morgan fingerprint density at radius 1 is 1.46 bits per heavy atom. The molecule has 0 spiro atoms. The molecule has 0 fully saturated rings. The van der Waals surface area contributed by atoms with Crippen LogP contribution in [-0.4, -0.2) is 19.9 Å². The van der Waals surface area contributed by atoms with Gasteiger partial charge in [0.2, 0.25) is 5.95 Å². The molecule has 2 rings (SSSR count). The second kappa shape index (κ2) is 2.74. The molecule has 0 aliphatic rings. The van der Waals surface area contributed by atoms with Gasteiger partial charge in [-0.1, -0.05) is 12.2 Å². The molecule has 0 saturated carbocycles. The van der Waals surface area contributed by atoms with E-state index in [1.165, 1.54) is 0 Å². The number of fused-ring (bicyclic) bond motifs is 1. The zero-order valence-corrected chi connectivity index (χ0v) is 7.72. The molecular formula is C7H7N5S. The summed E-state index contributed by atoms with van der Waals surface area (Å²) < 4.78 is 0.377. The Morgan fingerprint density at radius 3 is 3.00 bits per heavy atom. The Balaban J connectivity index is 2.95. The number of nitrogens with zero attached hydrogens (tertiary/aromatic N) is 3. The molecule has 13 heavy (non-hydrogen) atoms. The number of aryl methyl sites for hydroxylation is 1. The largest absolute Gasteiger partial charge is 0.369 e. The van der Waals surface area contributed by atoms with Crippen LogP contribution in [0.25, 0.3) is 11.2 Å². The fraction of sp³-hybridized carbons (Fsp3) is 0.143. The number of anilines is 1. The van der Waals surface area contributed by atoms with E-state index >= 15 is 0 Å². The third-order valence-electron chi connectivity index (χ3n) is 1.56. The molecule has 66 valence electrons. The quantitative estimate of drug-likeness (QED) is 0.609. The Bertz CT molecular complexity index is 518. The summed E-state index contributed by atoms with van der Waals surface area (Å²) in [4.78, 5) is 15.0. The Kier molecular flexibility index (Phi) is 1.70. The number of hydrogen-bond acceptors (Lipinski definition) is 5. The second-order valence-corrected chi connectivity index (χ2v) is 3.02. The van der Waals surface area contributed by atoms with Gasteiger partial charge < -0.3 is 10.7 Å². The van der Waals surface area contributed by atoms with E-state index in [1.54, 1.807) is 6.20 Å². The minimum absolute atomic E-state index is 0.260. The van der Waals surface area contributed by atoms with Crippen molar-refractivity contribution in [3.63, 3.8) is 0 Å². The summed E-state index contributed by atoms with van der Waals surface area (Å²) in [5, 5.41) is 0. The van der Waals surface area contributed by atoms with E-state index in [1.807, 2.05) is 6.92 Å². The minimum Gasteiger partial charge on any atom is -0.369 e. The van der Waals surface area contributed by atoms with Crippen molar-refractivity contribution in [2.24, 2.45) is 0 Å². The topological polar surface area (TPSA) is 80.5 Å². The van der Waals surface area contributed by atoms with Crippen molar-refractivity contribution >= 4 is 29.3 Å². The fourth-order valence-corrected chi connectivity index (χ4v) is 1.27. The van der Waals surface area contributed by atoms with Crippen molar-refractivity contribution < 1.29 is 0 Å². The SMILES string of the molecule is Cc1cnc2[nH]c(N)nc(=S)c2n1. The van der Waals surface area contributed by atoms with Crippen LogP contribution >= 0.6 is 12.2 Å². The zero-order chi connectivity index (χ0) is 9.42. The molecule has 0 aromatic carbocycles. The molecule has 0 unspecified atom stereocenters. The van der Waals surface area contributed by atoms with Crippen LogP contribution < -0.4 is 5.73 Å². The highest BCUT2D eigenvalue weighted by atomic mass is 32.1. The molecule has 3 N–H and O–H groups in total. The van der Waals surface area contributed by atoms with Gasteiger partial charge in [0.05, 0.1) is 11.9 Å². The Hall–Kier alpha value is -1.56. The van der Waals surface area contributed by atoms with Crippen LogP contribution in [0.15, 0.2) is 6.20 Å². The van der Waals surface area contributed by atoms with Crippen molar-refractivity contribution in [3.05, 3.63) is 16.5 Å². The standard InChI is InChI=1S/C7H7N5S/c1-3-2-9-5-4(10-3)6(13)12-7(8)11-5/h2H,1H3,(H3,8,9,11,12,13). The lowest BCUT2D eigenvalue weighted by atomic mass is 10.4. The summed E-state index contributed by atoms with van der Waals surface area (Å²) in [6.07, 6.45) is 1.65. The van der Waals surface area contributed by atoms with E-state index < -0.39 is 0 Å². The smallest absolute Gasteiger partial charge is 0.200 e. The van der Waals surface area contributed by atoms with E-state index in [4.69, 9.17) is 18.0 Å². The first-order chi connectivity index (χ1) is 6.16. The van der Waals surface area contributed by atoms with Gasteiger partial charge in [-0.15, -0.1) is 0 Å². The molecule has 6 heteroatoms. The van der Waals surface area contributed by atoms with Gasteiger partial charge in [-0.2, -0.15) is 0 Å². The van der Waals surface area contributed by atoms with E-state index in [0.29, 0.717) is 15.8 Å². The molecular weight excluding hydrogens is 186 g/mol. The third-order valence-corrected chi connectivity index (χ3v) is 1.85. The van der Waals surface area contributed by atoms with Gasteiger partial charge in [-0.3, -0.25) is 0 Å². The highest BCUT2D eigenvalue weighted by molar-refractivity contribution is 7.71. The number of hydrogen-bond donors (Lipinski definition) is 2. The van der Waals surface area contributed by atoms with Gasteiger partial charge in [0.15, 0.2) is 10.3 Å². The monoisotopic (exact) mass is 193 g/mol. The van der Waals surface area contributed by atoms with Gasteiger partial charge in [0.1, 0.15) is 5.52 Å². The van der Waals surface area contributed by atoms with Gasteiger partial charge in [-0.05, 0) is 6.92 Å². The highest BCUT2D eigenvalue weighted by Crippen LogP contribution is 2.08. The normalized spacial score (nSPS) is 10.5. The fourth-order valence-electron chi connectivity index (χ4n) is 1.03. The maximum absolute atomic E-state index is 5.46. The molecule has 0 atom stereocenters. The lowest BCUT2D eigenvalue weighted by Crippen LogP contribution is -1.99. The minimum atomic E-state index is 0.260. The first kappa shape index (κ1) is 8.06. The predicted octanol–water partition coefficient (Wildman–Crippen LogP) is 0.973. The lowest BCUT2D eigenvalue weighted by molar-refractivity contribution is 1.11. The molecule has 2 heterocycles. The van der Waals surface area contributed by atoms with E-state index in [2.05, 4.69) is 19.9 Å². The Morgan fingerprint density at radius 2 is 2.23 bits per heavy atom. The van der Waals surface area contributed by atoms with Gasteiger partial charge in [-0.25, -0.2) is 15.0 Å². The number of aromatic nitrogens is 4. The predicted molar refractivity (Wildman–Crippen MR) is 51.7 cm³/mol. The number of rotatable bonds is 0. The molecule has 0 bridgehead atoms. The van der Waals surface area contributed by atoms with E-state index in [0.717, 1.165) is 5.69 Å². The number of nitrogens with one attached hydrogen (secondary N) is 1. The van der Waals surface area contributed by atoms with Crippen molar-refractivity contribution in [3.8, 4) is 0 Å². The summed E-state index contributed by atoms with van der Waals surface area (Å²) in [5.41, 5.74) is 7.43. The molecule has 0 amide bonds. The zero-order valence-electron chi connectivity index (χ0n) is 6.90. The summed E-state index contributed by atoms with van der Waals surface area (Å²) >= 11 is 4.99. The maximum Gasteiger partial charge on any atom is 0.200 e. The summed E-state index contributed by atoms with van der Waals surface area (Å²) in [6, 6.07) is 0. The average Bonchev–Trinajstić information content (AvgIpc) is 2.06. The number of nitrogens with two attached hydrogens (primary N) is 1. The molecule has 0 saturated heterocycles. The molecule has 5 nitrogen and oxygen atoms in total. The van der Waals surface area contributed by atoms with E-state index in [9.17, 15) is 0 Å². The van der Waals surface area contributed by atoms with Crippen LogP contribution in [0, 0.1) is 11.6 Å². The highest BCUT2D eigenvalue weighted by Gasteiger charge is 2.00. The molecule has 2 aromatic rings. The maximum atomic E-state index is 5.46. The van der Waals surface area contributed by atoms with Crippen LogP contribution in [0.4, 0.5) is 5.95 Å². The van der Waals surface area contributed by atoms with Crippen molar-refractivity contribution in [1.82, 2.24) is 19.9 Å². The molecule has 2 aromatic heterocycles. The van der Waals surface area contributed by atoms with Crippen LogP contribution in [0.3, 0.4) is 0 Å².